The fraction of sp³-hybridized carbons (Fsp3) is 0.778. The largest absolute Gasteiger partial charge is 0.368 e. The third-order valence-corrected chi connectivity index (χ3v) is 2.55. The van der Waals surface area contributed by atoms with Crippen LogP contribution in [0.25, 0.3) is 0 Å². The maximum absolute atomic E-state index is 11.2. The van der Waals surface area contributed by atoms with Crippen molar-refractivity contribution in [2.45, 2.75) is 32.7 Å². The molecule has 0 spiro atoms. The minimum Gasteiger partial charge on any atom is -0.368 e. The van der Waals surface area contributed by atoms with Crippen LogP contribution in [0.1, 0.15) is 26.7 Å². The molecule has 1 saturated heterocycles. The van der Waals surface area contributed by atoms with Gasteiger partial charge >= 0.3 is 0 Å². The average Bonchev–Trinajstić information content (AvgIpc) is 2.03. The first-order valence-electron chi connectivity index (χ1n) is 4.59. The number of carbonyl (C=O) groups excluding carboxylic acids is 2. The van der Waals surface area contributed by atoms with Crippen molar-refractivity contribution in [3.8, 4) is 0 Å². The second-order valence-corrected chi connectivity index (χ2v) is 3.77. The number of piperidine rings is 1. The van der Waals surface area contributed by atoms with Crippen LogP contribution in [0.2, 0.25) is 0 Å². The highest BCUT2D eigenvalue weighted by atomic mass is 16.2. The van der Waals surface area contributed by atoms with Gasteiger partial charge in [0.25, 0.3) is 0 Å². The third-order valence-electron chi connectivity index (χ3n) is 2.55. The summed E-state index contributed by atoms with van der Waals surface area (Å²) in [6.45, 7) is 4.21. The quantitative estimate of drug-likeness (QED) is 0.629. The summed E-state index contributed by atoms with van der Waals surface area (Å²) in [5.41, 5.74) is 5.21. The van der Waals surface area contributed by atoms with Gasteiger partial charge in [0.15, 0.2) is 0 Å². The molecule has 2 amide bonds. The summed E-state index contributed by atoms with van der Waals surface area (Å²) in [5.74, 6) is 0.0250. The molecule has 4 heteroatoms. The first-order valence-corrected chi connectivity index (χ1v) is 4.59. The maximum atomic E-state index is 11.2. The zero-order chi connectivity index (χ0) is 10.0. The standard InChI is InChI=1S/C9H16N2O2/c1-6-3-4-8(9(10)13)11(5-6)7(2)12/h6,8H,3-5H2,1-2H3,(H2,10,13). The Balaban J connectivity index is 2.72. The number of primary amides is 1. The zero-order valence-corrected chi connectivity index (χ0v) is 8.12. The molecule has 1 fully saturated rings. The van der Waals surface area contributed by atoms with Gasteiger partial charge in [-0.1, -0.05) is 6.92 Å². The van der Waals surface area contributed by atoms with Gasteiger partial charge in [-0.3, -0.25) is 9.59 Å². The van der Waals surface area contributed by atoms with Gasteiger partial charge in [-0.15, -0.1) is 0 Å². The van der Waals surface area contributed by atoms with E-state index < -0.39 is 0 Å². The average molecular weight is 184 g/mol. The van der Waals surface area contributed by atoms with Gasteiger partial charge in [-0.25, -0.2) is 0 Å². The SMILES string of the molecule is CC(=O)N1CC(C)CCC1C(N)=O. The molecule has 0 aromatic rings. The van der Waals surface area contributed by atoms with E-state index in [0.29, 0.717) is 18.9 Å². The molecule has 74 valence electrons. The molecule has 1 rings (SSSR count). The van der Waals surface area contributed by atoms with E-state index in [1.165, 1.54) is 6.92 Å². The van der Waals surface area contributed by atoms with E-state index >= 15 is 0 Å². The Morgan fingerprint density at radius 2 is 2.00 bits per heavy atom. The summed E-state index contributed by atoms with van der Waals surface area (Å²) in [6, 6.07) is -0.381. The van der Waals surface area contributed by atoms with Crippen molar-refractivity contribution >= 4 is 11.8 Å². The van der Waals surface area contributed by atoms with Gasteiger partial charge in [0.1, 0.15) is 6.04 Å². The Morgan fingerprint density at radius 3 is 2.46 bits per heavy atom. The Bertz CT molecular complexity index is 228. The Kier molecular flexibility index (Phi) is 2.90. The van der Waals surface area contributed by atoms with Gasteiger partial charge in [0.05, 0.1) is 0 Å². The van der Waals surface area contributed by atoms with Gasteiger partial charge in [-0.2, -0.15) is 0 Å². The van der Waals surface area contributed by atoms with Crippen LogP contribution >= 0.6 is 0 Å². The van der Waals surface area contributed by atoms with Crippen molar-refractivity contribution in [3.63, 3.8) is 0 Å². The molecule has 1 aliphatic rings. The van der Waals surface area contributed by atoms with Crippen LogP contribution in [0.4, 0.5) is 0 Å². The molecule has 13 heavy (non-hydrogen) atoms. The summed E-state index contributed by atoms with van der Waals surface area (Å²) in [7, 11) is 0. The number of nitrogens with two attached hydrogens (primary N) is 1. The summed E-state index contributed by atoms with van der Waals surface area (Å²) in [5, 5.41) is 0. The molecule has 0 saturated carbocycles. The fourth-order valence-corrected chi connectivity index (χ4v) is 1.80. The first-order chi connectivity index (χ1) is 6.02. The summed E-state index contributed by atoms with van der Waals surface area (Å²) < 4.78 is 0. The summed E-state index contributed by atoms with van der Waals surface area (Å²) in [6.07, 6.45) is 1.67. The number of carbonyl (C=O) groups is 2. The number of hydrogen-bond acceptors (Lipinski definition) is 2. The van der Waals surface area contributed by atoms with E-state index in [0.717, 1.165) is 6.42 Å². The van der Waals surface area contributed by atoms with Crippen molar-refractivity contribution in [3.05, 3.63) is 0 Å². The third kappa shape index (κ3) is 2.20. The Hall–Kier alpha value is -1.06. The molecule has 2 atom stereocenters. The minimum absolute atomic E-state index is 0.0599. The number of nitrogens with zero attached hydrogens (tertiary/aromatic N) is 1. The highest BCUT2D eigenvalue weighted by Gasteiger charge is 2.31. The predicted octanol–water partition coefficient (Wildman–Crippen LogP) is 0.119. The monoisotopic (exact) mass is 184 g/mol. The molecule has 4 nitrogen and oxygen atoms in total. The zero-order valence-electron chi connectivity index (χ0n) is 8.12. The Morgan fingerprint density at radius 1 is 1.38 bits per heavy atom. The van der Waals surface area contributed by atoms with Crippen LogP contribution in [0, 0.1) is 5.92 Å². The van der Waals surface area contributed by atoms with Crippen molar-refractivity contribution in [1.82, 2.24) is 4.90 Å². The number of rotatable bonds is 1. The second kappa shape index (κ2) is 3.77. The molecule has 0 aromatic carbocycles. The van der Waals surface area contributed by atoms with E-state index in [1.54, 1.807) is 4.90 Å². The number of amides is 2. The molecule has 2 N–H and O–H groups in total. The van der Waals surface area contributed by atoms with Crippen LogP contribution in [-0.2, 0) is 9.59 Å². The van der Waals surface area contributed by atoms with Crippen LogP contribution in [0.15, 0.2) is 0 Å². The summed E-state index contributed by atoms with van der Waals surface area (Å²) in [4.78, 5) is 23.8. The van der Waals surface area contributed by atoms with Crippen LogP contribution in [0.5, 0.6) is 0 Å². The topological polar surface area (TPSA) is 63.4 Å². The van der Waals surface area contributed by atoms with Crippen molar-refractivity contribution in [1.29, 1.82) is 0 Å². The molecule has 1 aliphatic heterocycles. The highest BCUT2D eigenvalue weighted by molar-refractivity contribution is 5.85. The molecule has 0 aliphatic carbocycles. The van der Waals surface area contributed by atoms with Gasteiger partial charge in [-0.05, 0) is 18.8 Å². The molecule has 1 heterocycles. The van der Waals surface area contributed by atoms with E-state index in [9.17, 15) is 9.59 Å². The maximum Gasteiger partial charge on any atom is 0.240 e. The molecule has 0 bridgehead atoms. The van der Waals surface area contributed by atoms with E-state index in [2.05, 4.69) is 6.92 Å². The van der Waals surface area contributed by atoms with Gasteiger partial charge in [0, 0.05) is 13.5 Å². The van der Waals surface area contributed by atoms with E-state index in [4.69, 9.17) is 5.73 Å². The van der Waals surface area contributed by atoms with Crippen molar-refractivity contribution in [2.75, 3.05) is 6.54 Å². The molecule has 0 aromatic heterocycles. The second-order valence-electron chi connectivity index (χ2n) is 3.77. The molecular weight excluding hydrogens is 168 g/mol. The summed E-state index contributed by atoms with van der Waals surface area (Å²) >= 11 is 0. The van der Waals surface area contributed by atoms with Gasteiger partial charge < -0.3 is 10.6 Å². The minimum atomic E-state index is -0.387. The highest BCUT2D eigenvalue weighted by Crippen LogP contribution is 2.21. The Labute approximate surface area is 78.1 Å². The normalized spacial score (nSPS) is 28.6. The van der Waals surface area contributed by atoms with Gasteiger partial charge in [0.2, 0.25) is 11.8 Å². The predicted molar refractivity (Wildman–Crippen MR) is 48.8 cm³/mol. The van der Waals surface area contributed by atoms with Crippen LogP contribution in [-0.4, -0.2) is 29.3 Å². The lowest BCUT2D eigenvalue weighted by Gasteiger charge is -2.36. The fourth-order valence-electron chi connectivity index (χ4n) is 1.80. The van der Waals surface area contributed by atoms with E-state index in [1.807, 2.05) is 0 Å². The lowest BCUT2D eigenvalue weighted by molar-refractivity contribution is -0.140. The molecule has 2 unspecified atom stereocenters. The number of likely N-dealkylation sites (tertiary alicyclic amines) is 1. The lowest BCUT2D eigenvalue weighted by Crippen LogP contribution is -2.51. The molecular formula is C9H16N2O2. The van der Waals surface area contributed by atoms with E-state index in [-0.39, 0.29) is 17.9 Å². The smallest absolute Gasteiger partial charge is 0.240 e. The van der Waals surface area contributed by atoms with Crippen molar-refractivity contribution < 1.29 is 9.59 Å². The van der Waals surface area contributed by atoms with Crippen LogP contribution < -0.4 is 5.73 Å². The number of hydrogen-bond donors (Lipinski definition) is 1. The van der Waals surface area contributed by atoms with Crippen LogP contribution in [0.3, 0.4) is 0 Å². The first kappa shape index (κ1) is 10.0. The lowest BCUT2D eigenvalue weighted by atomic mass is 9.94. The molecule has 0 radical (unpaired) electrons. The van der Waals surface area contributed by atoms with Crippen molar-refractivity contribution in [2.24, 2.45) is 11.7 Å².